The molecule has 0 spiro atoms. The van der Waals surface area contributed by atoms with Crippen LogP contribution in [0.4, 0.5) is 10.3 Å². The highest BCUT2D eigenvalue weighted by molar-refractivity contribution is 5.83. The van der Waals surface area contributed by atoms with Crippen molar-refractivity contribution in [2.45, 2.75) is 19.8 Å². The summed E-state index contributed by atoms with van der Waals surface area (Å²) in [5.74, 6) is 0.211. The molecule has 0 unspecified atom stereocenters. The minimum atomic E-state index is -0.370. The molecular weight excluding hydrogens is 359 g/mol. The lowest BCUT2D eigenvalue weighted by Gasteiger charge is -2.06. The number of ketones is 1. The number of aromatic nitrogens is 5. The van der Waals surface area contributed by atoms with Gasteiger partial charge in [-0.1, -0.05) is 23.8 Å². The Hall–Kier alpha value is -3.68. The van der Waals surface area contributed by atoms with Crippen LogP contribution in [0.5, 0.6) is 0 Å². The van der Waals surface area contributed by atoms with Gasteiger partial charge in [-0.2, -0.15) is 0 Å². The third-order valence-corrected chi connectivity index (χ3v) is 4.38. The fraction of sp³-hybridized carbons (Fsp3) is 0.150. The van der Waals surface area contributed by atoms with Gasteiger partial charge in [0.05, 0.1) is 5.69 Å². The molecule has 4 aromatic rings. The number of aryl methyl sites for hydroxylation is 1. The first-order valence-electron chi connectivity index (χ1n) is 8.69. The number of nitrogens with two attached hydrogens (primary N) is 1. The number of halogens is 1. The quantitative estimate of drug-likeness (QED) is 0.575. The summed E-state index contributed by atoms with van der Waals surface area (Å²) in [6, 6.07) is 10.2. The Bertz CT molecular complexity index is 1170. The van der Waals surface area contributed by atoms with Gasteiger partial charge in [0, 0.05) is 25.2 Å². The maximum absolute atomic E-state index is 13.8. The van der Waals surface area contributed by atoms with Gasteiger partial charge in [0.15, 0.2) is 11.5 Å². The summed E-state index contributed by atoms with van der Waals surface area (Å²) < 4.78 is 15.5. The number of carbonyl (C=O) groups is 1. The van der Waals surface area contributed by atoms with Crippen molar-refractivity contribution in [1.29, 1.82) is 0 Å². The van der Waals surface area contributed by atoms with E-state index in [9.17, 15) is 9.18 Å². The average Bonchev–Trinajstić information content (AvgIpc) is 3.07. The van der Waals surface area contributed by atoms with Gasteiger partial charge in [-0.15, -0.1) is 10.2 Å². The molecule has 0 saturated heterocycles. The molecule has 7 nitrogen and oxygen atoms in total. The van der Waals surface area contributed by atoms with Crippen LogP contribution >= 0.6 is 0 Å². The van der Waals surface area contributed by atoms with Crippen LogP contribution in [0.3, 0.4) is 0 Å². The number of rotatable bonds is 5. The molecule has 4 rings (SSSR count). The number of benzene rings is 1. The van der Waals surface area contributed by atoms with Gasteiger partial charge in [-0.25, -0.2) is 14.4 Å². The van der Waals surface area contributed by atoms with Crippen LogP contribution in [0.25, 0.3) is 17.2 Å². The van der Waals surface area contributed by atoms with Crippen LogP contribution in [0.1, 0.15) is 16.7 Å². The normalized spacial score (nSPS) is 11.1. The molecule has 0 saturated carbocycles. The molecule has 0 aliphatic carbocycles. The molecule has 0 aliphatic heterocycles. The zero-order valence-electron chi connectivity index (χ0n) is 15.1. The van der Waals surface area contributed by atoms with E-state index in [-0.39, 0.29) is 30.4 Å². The van der Waals surface area contributed by atoms with Crippen LogP contribution in [0.2, 0.25) is 0 Å². The molecule has 0 atom stereocenters. The second kappa shape index (κ2) is 7.15. The summed E-state index contributed by atoms with van der Waals surface area (Å²) >= 11 is 0. The lowest BCUT2D eigenvalue weighted by Crippen LogP contribution is -2.09. The van der Waals surface area contributed by atoms with Crippen LogP contribution in [0, 0.1) is 12.7 Å². The van der Waals surface area contributed by atoms with E-state index in [4.69, 9.17) is 5.73 Å². The Labute approximate surface area is 160 Å². The molecule has 1 aromatic carbocycles. The molecule has 0 bridgehead atoms. The van der Waals surface area contributed by atoms with Gasteiger partial charge in [-0.05, 0) is 36.2 Å². The zero-order chi connectivity index (χ0) is 19.7. The fourth-order valence-corrected chi connectivity index (χ4v) is 3.06. The Morgan fingerprint density at radius 2 is 1.89 bits per heavy atom. The van der Waals surface area contributed by atoms with E-state index < -0.39 is 0 Å². The Morgan fingerprint density at radius 3 is 2.68 bits per heavy atom. The molecule has 3 heterocycles. The monoisotopic (exact) mass is 376 g/mol. The molecule has 0 aliphatic rings. The first-order valence-corrected chi connectivity index (χ1v) is 8.69. The highest BCUT2D eigenvalue weighted by atomic mass is 19.1. The Morgan fingerprint density at radius 1 is 1.11 bits per heavy atom. The number of hydrogen-bond donors (Lipinski definition) is 1. The zero-order valence-corrected chi connectivity index (χ0v) is 15.1. The number of hydrogen-bond acceptors (Lipinski definition) is 6. The summed E-state index contributed by atoms with van der Waals surface area (Å²) in [5.41, 5.74) is 9.09. The molecule has 3 aromatic heterocycles. The second-order valence-corrected chi connectivity index (χ2v) is 6.56. The average molecular weight is 376 g/mol. The van der Waals surface area contributed by atoms with Gasteiger partial charge in [0.25, 0.3) is 0 Å². The van der Waals surface area contributed by atoms with E-state index in [0.717, 1.165) is 5.56 Å². The van der Waals surface area contributed by atoms with Crippen molar-refractivity contribution in [3.05, 3.63) is 71.3 Å². The molecule has 0 amide bonds. The van der Waals surface area contributed by atoms with E-state index in [0.29, 0.717) is 28.3 Å². The minimum absolute atomic E-state index is 0.0335. The highest BCUT2D eigenvalue weighted by Crippen LogP contribution is 2.19. The Balaban J connectivity index is 1.52. The van der Waals surface area contributed by atoms with Gasteiger partial charge >= 0.3 is 0 Å². The number of nitrogen functional groups attached to an aromatic ring is 1. The SMILES string of the molecule is Cc1ccc(F)c(CC(=O)Cc2cnc(-c3cccc4nnc(N)n34)nc2)c1. The lowest BCUT2D eigenvalue weighted by molar-refractivity contribution is -0.117. The molecule has 28 heavy (non-hydrogen) atoms. The standard InChI is InChI=1S/C20H17FN6O/c1-12-5-6-16(21)14(7-12)9-15(28)8-13-10-23-19(24-11-13)17-3-2-4-18-25-26-20(22)27(17)18/h2-7,10-11H,8-9H2,1H3,(H2,22,26). The molecule has 8 heteroatoms. The van der Waals surface area contributed by atoms with Gasteiger partial charge in [0.1, 0.15) is 11.6 Å². The van der Waals surface area contributed by atoms with E-state index in [1.807, 2.05) is 19.1 Å². The maximum atomic E-state index is 13.8. The van der Waals surface area contributed by atoms with Crippen LogP contribution in [-0.4, -0.2) is 30.3 Å². The predicted octanol–water partition coefficient (Wildman–Crippen LogP) is 2.57. The minimum Gasteiger partial charge on any atom is -0.368 e. The lowest BCUT2D eigenvalue weighted by atomic mass is 10.0. The van der Waals surface area contributed by atoms with Crippen LogP contribution < -0.4 is 5.73 Å². The largest absolute Gasteiger partial charge is 0.368 e. The summed E-state index contributed by atoms with van der Waals surface area (Å²) in [6.07, 6.45) is 3.34. The number of anilines is 1. The summed E-state index contributed by atoms with van der Waals surface area (Å²) in [6.45, 7) is 1.86. The molecule has 140 valence electrons. The topological polar surface area (TPSA) is 99.1 Å². The number of nitrogens with zero attached hydrogens (tertiary/aromatic N) is 5. The van der Waals surface area contributed by atoms with Crippen molar-refractivity contribution in [3.63, 3.8) is 0 Å². The van der Waals surface area contributed by atoms with E-state index in [1.165, 1.54) is 6.07 Å². The summed E-state index contributed by atoms with van der Waals surface area (Å²) in [4.78, 5) is 21.0. The summed E-state index contributed by atoms with van der Waals surface area (Å²) in [5, 5.41) is 7.82. The van der Waals surface area contributed by atoms with E-state index in [2.05, 4.69) is 20.2 Å². The predicted molar refractivity (Wildman–Crippen MR) is 102 cm³/mol. The number of pyridine rings is 1. The van der Waals surface area contributed by atoms with Gasteiger partial charge < -0.3 is 5.73 Å². The fourth-order valence-electron chi connectivity index (χ4n) is 3.06. The molecule has 0 fully saturated rings. The van der Waals surface area contributed by atoms with Crippen LogP contribution in [-0.2, 0) is 17.6 Å². The summed E-state index contributed by atoms with van der Waals surface area (Å²) in [7, 11) is 0. The van der Waals surface area contributed by atoms with Crippen molar-refractivity contribution in [2.75, 3.05) is 5.73 Å². The number of fused-ring (bicyclic) bond motifs is 1. The highest BCUT2D eigenvalue weighted by Gasteiger charge is 2.13. The molecule has 2 N–H and O–H groups in total. The number of Topliss-reactive ketones (excluding diaryl/α,β-unsaturated/α-hetero) is 1. The van der Waals surface area contributed by atoms with Crippen molar-refractivity contribution < 1.29 is 9.18 Å². The smallest absolute Gasteiger partial charge is 0.227 e. The Kier molecular flexibility index (Phi) is 4.52. The first-order chi connectivity index (χ1) is 13.5. The van der Waals surface area contributed by atoms with Crippen molar-refractivity contribution in [3.8, 4) is 11.5 Å². The van der Waals surface area contributed by atoms with Crippen molar-refractivity contribution >= 4 is 17.4 Å². The van der Waals surface area contributed by atoms with Gasteiger partial charge in [-0.3, -0.25) is 9.20 Å². The first kappa shape index (κ1) is 17.7. The third kappa shape index (κ3) is 3.44. The second-order valence-electron chi connectivity index (χ2n) is 6.56. The van der Waals surface area contributed by atoms with Gasteiger partial charge in [0.2, 0.25) is 5.95 Å². The van der Waals surface area contributed by atoms with Crippen molar-refractivity contribution in [1.82, 2.24) is 24.6 Å². The maximum Gasteiger partial charge on any atom is 0.227 e. The van der Waals surface area contributed by atoms with Crippen LogP contribution in [0.15, 0.2) is 48.8 Å². The van der Waals surface area contributed by atoms with E-state index >= 15 is 0 Å². The molecule has 0 radical (unpaired) electrons. The third-order valence-electron chi connectivity index (χ3n) is 4.38. The molecular formula is C20H17FN6O. The van der Waals surface area contributed by atoms with E-state index in [1.54, 1.807) is 35.0 Å². The van der Waals surface area contributed by atoms with Crippen molar-refractivity contribution in [2.24, 2.45) is 0 Å². The number of carbonyl (C=O) groups excluding carboxylic acids is 1.